The Labute approximate surface area is 249 Å². The summed E-state index contributed by atoms with van der Waals surface area (Å²) in [7, 11) is 2.13. The lowest BCUT2D eigenvalue weighted by molar-refractivity contribution is 0.459. The Morgan fingerprint density at radius 1 is 0.805 bits per heavy atom. The normalized spacial score (nSPS) is 14.3. The van der Waals surface area contributed by atoms with Gasteiger partial charge in [0.05, 0.1) is 12.4 Å². The van der Waals surface area contributed by atoms with Crippen LogP contribution in [0.25, 0.3) is 41.5 Å². The van der Waals surface area contributed by atoms with Crippen LogP contribution >= 0.6 is 22.7 Å². The lowest BCUT2D eigenvalue weighted by Gasteiger charge is -2.21. The summed E-state index contributed by atoms with van der Waals surface area (Å²) in [6.07, 6.45) is 1.96. The van der Waals surface area contributed by atoms with E-state index in [9.17, 15) is 0 Å². The molecule has 0 N–H and O–H groups in total. The van der Waals surface area contributed by atoms with Gasteiger partial charge in [0.25, 0.3) is 0 Å². The van der Waals surface area contributed by atoms with Gasteiger partial charge in [-0.3, -0.25) is 4.98 Å². The third kappa shape index (κ3) is 4.46. The van der Waals surface area contributed by atoms with E-state index in [1.54, 1.807) is 11.3 Å². The van der Waals surface area contributed by atoms with E-state index in [2.05, 4.69) is 118 Å². The molecule has 0 aliphatic carbocycles. The Balaban J connectivity index is 1.37. The molecular weight excluding hydrogens is 543 g/mol. The minimum absolute atomic E-state index is 0.0333. The highest BCUT2D eigenvalue weighted by Gasteiger charge is 2.23. The quantitative estimate of drug-likeness (QED) is 0.209. The first-order chi connectivity index (χ1) is 19.7. The van der Waals surface area contributed by atoms with Crippen LogP contribution in [0, 0.1) is 0 Å². The molecule has 1 aliphatic rings. The number of thiophene rings is 2. The van der Waals surface area contributed by atoms with Gasteiger partial charge in [0, 0.05) is 78.3 Å². The van der Waals surface area contributed by atoms with Crippen molar-refractivity contribution in [1.29, 1.82) is 0 Å². The van der Waals surface area contributed by atoms with E-state index >= 15 is 0 Å². The Kier molecular flexibility index (Phi) is 6.10. The summed E-state index contributed by atoms with van der Waals surface area (Å²) in [5.41, 5.74) is 7.23. The van der Waals surface area contributed by atoms with Crippen LogP contribution < -0.4 is 9.64 Å². The molecule has 0 amide bonds. The van der Waals surface area contributed by atoms with E-state index in [4.69, 9.17) is 9.72 Å². The predicted octanol–water partition coefficient (Wildman–Crippen LogP) is 10.4. The highest BCUT2D eigenvalue weighted by molar-refractivity contribution is 7.26. The van der Waals surface area contributed by atoms with Crippen molar-refractivity contribution in [2.45, 2.75) is 40.0 Å². The molecule has 4 nitrogen and oxygen atoms in total. The number of hydrogen-bond donors (Lipinski definition) is 0. The summed E-state index contributed by atoms with van der Waals surface area (Å²) in [5, 5.41) is 4.63. The number of hydrogen-bond acceptors (Lipinski definition) is 6. The van der Waals surface area contributed by atoms with Crippen LogP contribution in [0.1, 0.15) is 40.2 Å². The van der Waals surface area contributed by atoms with Gasteiger partial charge in [-0.05, 0) is 61.2 Å². The van der Waals surface area contributed by atoms with Crippen molar-refractivity contribution in [3.8, 4) is 22.1 Å². The number of rotatable bonds is 4. The van der Waals surface area contributed by atoms with E-state index in [0.717, 1.165) is 28.9 Å². The lowest BCUT2D eigenvalue weighted by atomic mass is 9.86. The summed E-state index contributed by atoms with van der Waals surface area (Å²) in [6, 6.07) is 26.1. The van der Waals surface area contributed by atoms with Gasteiger partial charge in [-0.2, -0.15) is 0 Å². The minimum atomic E-state index is 0.0333. The maximum absolute atomic E-state index is 6.56. The Hall–Kier alpha value is -3.87. The van der Waals surface area contributed by atoms with Crippen molar-refractivity contribution < 1.29 is 4.74 Å². The van der Waals surface area contributed by atoms with Gasteiger partial charge in [-0.25, -0.2) is 0 Å². The zero-order valence-electron chi connectivity index (χ0n) is 24.3. The molecule has 7 rings (SSSR count). The van der Waals surface area contributed by atoms with Crippen molar-refractivity contribution in [3.05, 3.63) is 96.0 Å². The molecule has 3 aromatic carbocycles. The maximum Gasteiger partial charge on any atom is 0.182 e. The second-order valence-corrected chi connectivity index (χ2v) is 14.0. The van der Waals surface area contributed by atoms with Crippen molar-refractivity contribution in [2.75, 3.05) is 18.6 Å². The van der Waals surface area contributed by atoms with Crippen LogP contribution in [0.5, 0.6) is 10.8 Å². The van der Waals surface area contributed by atoms with Gasteiger partial charge in [0.1, 0.15) is 5.75 Å². The number of aromatic nitrogens is 1. The SMILES string of the molecule is CC1=C(C)N(c2cccc(Oc3cc4c(-c5cc(C(C)(C)C)ccn5)c5c(cc4s3)sc3ccccc35)c2)CN1C. The monoisotopic (exact) mass is 575 g/mol. The largest absolute Gasteiger partial charge is 0.447 e. The Morgan fingerprint density at radius 3 is 2.41 bits per heavy atom. The standard InChI is InChI=1S/C35H33N3OS2/c1-21-22(2)38(20-37(21)6)24-10-9-11-25(17-24)39-32-18-27-30(41-32)19-31-34(26-12-7-8-13-29(26)40-31)33(27)28-16-23(14-15-36-28)35(3,4)5/h7-19H,20H2,1-6H3. The zero-order valence-corrected chi connectivity index (χ0v) is 25.9. The average molecular weight is 576 g/mol. The second-order valence-electron chi connectivity index (χ2n) is 11.9. The molecule has 0 radical (unpaired) electrons. The third-order valence-electron chi connectivity index (χ3n) is 8.23. The number of pyridine rings is 1. The van der Waals surface area contributed by atoms with Gasteiger partial charge in [0.2, 0.25) is 0 Å². The molecule has 1 aliphatic heterocycles. The highest BCUT2D eigenvalue weighted by atomic mass is 32.1. The van der Waals surface area contributed by atoms with E-state index in [1.165, 1.54) is 52.8 Å². The highest BCUT2D eigenvalue weighted by Crippen LogP contribution is 2.48. The van der Waals surface area contributed by atoms with Crippen molar-refractivity contribution >= 4 is 58.6 Å². The molecule has 0 atom stereocenters. The van der Waals surface area contributed by atoms with Crippen LogP contribution in [-0.4, -0.2) is 23.6 Å². The molecule has 4 heterocycles. The van der Waals surface area contributed by atoms with Crippen LogP contribution in [0.2, 0.25) is 0 Å². The first-order valence-electron chi connectivity index (χ1n) is 14.0. The van der Waals surface area contributed by atoms with Gasteiger partial charge < -0.3 is 14.5 Å². The fourth-order valence-electron chi connectivity index (χ4n) is 5.71. The maximum atomic E-state index is 6.56. The molecule has 0 unspecified atom stereocenters. The molecule has 0 saturated carbocycles. The van der Waals surface area contributed by atoms with Gasteiger partial charge in [-0.15, -0.1) is 11.3 Å². The molecule has 3 aromatic heterocycles. The van der Waals surface area contributed by atoms with E-state index in [0.29, 0.717) is 0 Å². The summed E-state index contributed by atoms with van der Waals surface area (Å²) in [5.74, 6) is 0.843. The van der Waals surface area contributed by atoms with E-state index in [1.807, 2.05) is 23.6 Å². The Morgan fingerprint density at radius 2 is 1.63 bits per heavy atom. The first-order valence-corrected chi connectivity index (χ1v) is 15.6. The molecule has 0 saturated heterocycles. The summed E-state index contributed by atoms with van der Waals surface area (Å²) >= 11 is 3.55. The van der Waals surface area contributed by atoms with E-state index in [-0.39, 0.29) is 5.41 Å². The van der Waals surface area contributed by atoms with Crippen molar-refractivity contribution in [3.63, 3.8) is 0 Å². The minimum Gasteiger partial charge on any atom is -0.447 e. The molecule has 6 heteroatoms. The third-order valence-corrected chi connectivity index (χ3v) is 10.3. The second kappa shape index (κ2) is 9.61. The molecule has 41 heavy (non-hydrogen) atoms. The van der Waals surface area contributed by atoms with Gasteiger partial charge in [0.15, 0.2) is 5.06 Å². The zero-order chi connectivity index (χ0) is 28.5. The fourth-order valence-corrected chi connectivity index (χ4v) is 7.92. The summed E-state index contributed by atoms with van der Waals surface area (Å²) < 4.78 is 10.3. The Bertz CT molecular complexity index is 1990. The number of fused-ring (bicyclic) bond motifs is 4. The number of ether oxygens (including phenoxy) is 1. The van der Waals surface area contributed by atoms with Crippen LogP contribution in [0.4, 0.5) is 5.69 Å². The number of nitrogens with zero attached hydrogens (tertiary/aromatic N) is 3. The topological polar surface area (TPSA) is 28.6 Å². The van der Waals surface area contributed by atoms with Crippen LogP contribution in [0.15, 0.2) is 90.4 Å². The van der Waals surface area contributed by atoms with Gasteiger partial charge in [-0.1, -0.05) is 56.4 Å². The first kappa shape index (κ1) is 26.1. The number of allylic oxidation sites excluding steroid dienone is 2. The van der Waals surface area contributed by atoms with Crippen LogP contribution in [-0.2, 0) is 5.41 Å². The van der Waals surface area contributed by atoms with Crippen LogP contribution in [0.3, 0.4) is 0 Å². The molecule has 6 aromatic rings. The fraction of sp³-hybridized carbons (Fsp3) is 0.229. The molecular formula is C35H33N3OS2. The molecule has 0 spiro atoms. The summed E-state index contributed by atoms with van der Waals surface area (Å²) in [6.45, 7) is 12.0. The average Bonchev–Trinajstić information content (AvgIpc) is 3.60. The molecule has 206 valence electrons. The lowest BCUT2D eigenvalue weighted by Crippen LogP contribution is -2.24. The summed E-state index contributed by atoms with van der Waals surface area (Å²) in [4.78, 5) is 9.54. The predicted molar refractivity (Wildman–Crippen MR) is 177 cm³/mol. The molecule has 0 fully saturated rings. The smallest absolute Gasteiger partial charge is 0.182 e. The van der Waals surface area contributed by atoms with Crippen molar-refractivity contribution in [2.24, 2.45) is 0 Å². The van der Waals surface area contributed by atoms with Gasteiger partial charge >= 0.3 is 0 Å². The van der Waals surface area contributed by atoms with Crippen molar-refractivity contribution in [1.82, 2.24) is 9.88 Å². The van der Waals surface area contributed by atoms with E-state index < -0.39 is 0 Å². The molecule has 0 bridgehead atoms. The number of benzene rings is 3. The number of anilines is 1.